The van der Waals surface area contributed by atoms with Crippen molar-refractivity contribution in [1.29, 1.82) is 0 Å². The first-order chi connectivity index (χ1) is 22.3. The Balaban J connectivity index is 1.50. The van der Waals surface area contributed by atoms with E-state index in [1.165, 1.54) is 17.7 Å². The summed E-state index contributed by atoms with van der Waals surface area (Å²) in [4.78, 5) is 41.8. The lowest BCUT2D eigenvalue weighted by Crippen LogP contribution is -2.42. The van der Waals surface area contributed by atoms with Crippen LogP contribution in [0.1, 0.15) is 27.4 Å². The minimum Gasteiger partial charge on any atom is -0.383 e. The van der Waals surface area contributed by atoms with Crippen LogP contribution < -0.4 is 21.5 Å². The summed E-state index contributed by atoms with van der Waals surface area (Å²) >= 11 is 0. The van der Waals surface area contributed by atoms with E-state index in [9.17, 15) is 14.4 Å². The number of likely N-dealkylation sites (tertiary alicyclic amines) is 1. The first kappa shape index (κ1) is 32.6. The quantitative estimate of drug-likeness (QED) is 0.220. The Morgan fingerprint density at radius 3 is 2.30 bits per heavy atom. The van der Waals surface area contributed by atoms with Gasteiger partial charge in [-0.05, 0) is 30.7 Å². The van der Waals surface area contributed by atoms with Gasteiger partial charge in [-0.1, -0.05) is 48.5 Å². The normalized spacial score (nSPS) is 16.3. The Bertz CT molecular complexity index is 1700. The molecule has 242 valence electrons. The Morgan fingerprint density at radius 1 is 0.957 bits per heavy atom. The van der Waals surface area contributed by atoms with Crippen molar-refractivity contribution in [2.24, 2.45) is 0 Å². The smallest absolute Gasteiger partial charge is 0.320 e. The van der Waals surface area contributed by atoms with Crippen molar-refractivity contribution in [2.75, 3.05) is 59.4 Å². The molecular weight excluding hydrogens is 586 g/mol. The molecule has 2 aromatic heterocycles. The van der Waals surface area contributed by atoms with Gasteiger partial charge in [0, 0.05) is 70.7 Å². The van der Waals surface area contributed by atoms with Gasteiger partial charge in [-0.3, -0.25) is 19.8 Å². The standard InChI is InChI=1S/C34H41N7O5/c1-23-30(25-19-27(32(42)35-2)33(43)40(20-25)16-18-46-4)38-41(26-13-9-6-10-14-26)31(23)37-34(44)36-29-22-39(15-17-45-3)21-28(29)24-11-7-5-8-12-24/h5-14,19-20,28-29H,15-18,21-22H2,1-4H3,(H,35,42)(H2,36,37,44)/t28-,29+/m0/s1. The Labute approximate surface area is 268 Å². The number of anilines is 1. The lowest BCUT2D eigenvalue weighted by atomic mass is 9.94. The molecule has 1 aliphatic heterocycles. The van der Waals surface area contributed by atoms with Crippen molar-refractivity contribution in [3.63, 3.8) is 0 Å². The van der Waals surface area contributed by atoms with Gasteiger partial charge in [0.15, 0.2) is 0 Å². The number of ether oxygens (including phenoxy) is 2. The summed E-state index contributed by atoms with van der Waals surface area (Å²) in [5, 5.41) is 13.7. The predicted octanol–water partition coefficient (Wildman–Crippen LogP) is 3.25. The van der Waals surface area contributed by atoms with Crippen molar-refractivity contribution in [1.82, 2.24) is 29.9 Å². The van der Waals surface area contributed by atoms with Gasteiger partial charge in [0.05, 0.1) is 30.6 Å². The molecule has 2 atom stereocenters. The van der Waals surface area contributed by atoms with Gasteiger partial charge in [-0.25, -0.2) is 9.48 Å². The molecule has 1 fully saturated rings. The SMILES string of the molecule is CNC(=O)c1cc(-c2nn(-c3ccccc3)c(NC(=O)N[C@@H]3CN(CCOC)C[C@H]3c3ccccc3)c2C)cn(CCOC)c1=O. The van der Waals surface area contributed by atoms with E-state index in [0.717, 1.165) is 24.3 Å². The highest BCUT2D eigenvalue weighted by atomic mass is 16.5. The second kappa shape index (κ2) is 15.0. The fourth-order valence-corrected chi connectivity index (χ4v) is 5.88. The molecule has 0 bridgehead atoms. The molecule has 3 N–H and O–H groups in total. The molecule has 4 aromatic rings. The molecular formula is C34H41N7O5. The summed E-state index contributed by atoms with van der Waals surface area (Å²) in [7, 11) is 4.72. The summed E-state index contributed by atoms with van der Waals surface area (Å²) < 4.78 is 13.6. The molecule has 0 spiro atoms. The average Bonchev–Trinajstić information content (AvgIpc) is 3.63. The minimum atomic E-state index is -0.500. The van der Waals surface area contributed by atoms with Crippen LogP contribution in [0.3, 0.4) is 0 Å². The predicted molar refractivity (Wildman–Crippen MR) is 177 cm³/mol. The molecule has 1 aliphatic rings. The highest BCUT2D eigenvalue weighted by molar-refractivity contribution is 5.95. The Hall–Kier alpha value is -4.78. The van der Waals surface area contributed by atoms with Crippen LogP contribution in [0.2, 0.25) is 0 Å². The third-order valence-corrected chi connectivity index (χ3v) is 8.27. The second-order valence-electron chi connectivity index (χ2n) is 11.3. The number of benzene rings is 2. The summed E-state index contributed by atoms with van der Waals surface area (Å²) in [5.41, 5.74) is 3.20. The van der Waals surface area contributed by atoms with Crippen molar-refractivity contribution in [2.45, 2.75) is 25.4 Å². The first-order valence-corrected chi connectivity index (χ1v) is 15.3. The van der Waals surface area contributed by atoms with Crippen LogP contribution in [0.25, 0.3) is 16.9 Å². The zero-order valence-corrected chi connectivity index (χ0v) is 26.7. The van der Waals surface area contributed by atoms with Gasteiger partial charge >= 0.3 is 6.03 Å². The monoisotopic (exact) mass is 627 g/mol. The largest absolute Gasteiger partial charge is 0.383 e. The number of hydrogen-bond donors (Lipinski definition) is 3. The summed E-state index contributed by atoms with van der Waals surface area (Å²) in [5.74, 6) is 0.0797. The number of para-hydroxylation sites is 1. The van der Waals surface area contributed by atoms with Crippen LogP contribution in [-0.2, 0) is 16.0 Å². The number of nitrogens with zero attached hydrogens (tertiary/aromatic N) is 4. The molecule has 0 radical (unpaired) electrons. The van der Waals surface area contributed by atoms with Gasteiger partial charge in [-0.2, -0.15) is 5.10 Å². The van der Waals surface area contributed by atoms with E-state index >= 15 is 0 Å². The number of methoxy groups -OCH3 is 2. The number of pyridine rings is 1. The third-order valence-electron chi connectivity index (χ3n) is 8.27. The van der Waals surface area contributed by atoms with Crippen molar-refractivity contribution in [3.05, 3.63) is 100.0 Å². The molecule has 3 heterocycles. The number of hydrogen-bond acceptors (Lipinski definition) is 7. The summed E-state index contributed by atoms with van der Waals surface area (Å²) in [6.07, 6.45) is 1.67. The second-order valence-corrected chi connectivity index (χ2v) is 11.3. The topological polar surface area (TPSA) is 132 Å². The van der Waals surface area contributed by atoms with Crippen molar-refractivity contribution >= 4 is 17.8 Å². The van der Waals surface area contributed by atoms with E-state index < -0.39 is 11.5 Å². The lowest BCUT2D eigenvalue weighted by Gasteiger charge is -2.21. The van der Waals surface area contributed by atoms with Crippen LogP contribution >= 0.6 is 0 Å². The van der Waals surface area contributed by atoms with Gasteiger partial charge in [0.25, 0.3) is 11.5 Å². The molecule has 0 aliphatic carbocycles. The highest BCUT2D eigenvalue weighted by Gasteiger charge is 2.35. The molecule has 12 nitrogen and oxygen atoms in total. The van der Waals surface area contributed by atoms with Crippen LogP contribution in [0, 0.1) is 6.92 Å². The summed E-state index contributed by atoms with van der Waals surface area (Å²) in [6.45, 7) is 5.27. The van der Waals surface area contributed by atoms with Crippen molar-refractivity contribution in [3.8, 4) is 16.9 Å². The number of carbonyl (C=O) groups is 2. The Kier molecular flexibility index (Phi) is 10.6. The average molecular weight is 628 g/mol. The molecule has 12 heteroatoms. The minimum absolute atomic E-state index is 0.0109. The van der Waals surface area contributed by atoms with E-state index in [1.807, 2.05) is 55.5 Å². The molecule has 46 heavy (non-hydrogen) atoms. The van der Waals surface area contributed by atoms with E-state index in [2.05, 4.69) is 33.0 Å². The first-order valence-electron chi connectivity index (χ1n) is 15.3. The highest BCUT2D eigenvalue weighted by Crippen LogP contribution is 2.31. The Morgan fingerprint density at radius 2 is 1.63 bits per heavy atom. The van der Waals surface area contributed by atoms with Crippen LogP contribution in [-0.4, -0.2) is 91.3 Å². The fourth-order valence-electron chi connectivity index (χ4n) is 5.88. The van der Waals surface area contributed by atoms with Crippen LogP contribution in [0.4, 0.5) is 10.6 Å². The van der Waals surface area contributed by atoms with Gasteiger partial charge < -0.3 is 24.7 Å². The van der Waals surface area contributed by atoms with Gasteiger partial charge in [0.1, 0.15) is 11.4 Å². The molecule has 5 rings (SSSR count). The van der Waals surface area contributed by atoms with E-state index in [1.54, 1.807) is 25.1 Å². The number of rotatable bonds is 12. The molecule has 0 saturated carbocycles. The molecule has 1 saturated heterocycles. The lowest BCUT2D eigenvalue weighted by molar-refractivity contribution is 0.0960. The molecule has 3 amide bonds. The van der Waals surface area contributed by atoms with Crippen molar-refractivity contribution < 1.29 is 19.1 Å². The van der Waals surface area contributed by atoms with E-state index in [0.29, 0.717) is 35.8 Å². The van der Waals surface area contributed by atoms with E-state index in [-0.39, 0.29) is 36.7 Å². The maximum atomic E-state index is 13.7. The fraction of sp³-hybridized carbons (Fsp3) is 0.353. The maximum Gasteiger partial charge on any atom is 0.320 e. The zero-order chi connectivity index (χ0) is 32.6. The summed E-state index contributed by atoms with van der Waals surface area (Å²) in [6, 6.07) is 20.7. The third kappa shape index (κ3) is 7.20. The number of aromatic nitrogens is 3. The van der Waals surface area contributed by atoms with Crippen LogP contribution in [0.5, 0.6) is 0 Å². The molecule has 0 unspecified atom stereocenters. The van der Waals surface area contributed by atoms with Crippen LogP contribution in [0.15, 0.2) is 77.7 Å². The number of urea groups is 1. The van der Waals surface area contributed by atoms with Gasteiger partial charge in [0.2, 0.25) is 0 Å². The van der Waals surface area contributed by atoms with Gasteiger partial charge in [-0.15, -0.1) is 0 Å². The maximum absolute atomic E-state index is 13.7. The van der Waals surface area contributed by atoms with E-state index in [4.69, 9.17) is 14.6 Å². The zero-order valence-electron chi connectivity index (χ0n) is 26.7. The molecule has 2 aromatic carbocycles. The number of nitrogens with one attached hydrogen (secondary N) is 3. The number of amides is 3. The number of carbonyl (C=O) groups excluding carboxylic acids is 2.